The minimum atomic E-state index is -0.298. The van der Waals surface area contributed by atoms with E-state index in [1.807, 2.05) is 6.92 Å². The standard InChI is InChI=1S/C10H9ClFN.C9H8ClFN2.ClH/c1-2-6-3-7-8(11)5-13-10(7)4-9(6)12;10-7-4-13-9-2-8(11)5(3-12)1-6(7)9;/h3-5,13H,2H2,1H3;1-2,4,13H,3,12H2;1H. The predicted molar refractivity (Wildman–Crippen MR) is 111 cm³/mol. The SMILES string of the molecule is CCc1cc2c(Cl)c[nH]c2cc1F.Cl.NCc1cc2c(Cl)c[nH]c2cc1F. The Hall–Kier alpha value is -1.79. The zero-order chi connectivity index (χ0) is 18.8. The molecule has 8 heteroatoms. The molecule has 0 aliphatic heterocycles. The van der Waals surface area contributed by atoms with Crippen molar-refractivity contribution in [3.05, 3.63) is 69.5 Å². The highest BCUT2D eigenvalue weighted by molar-refractivity contribution is 6.36. The highest BCUT2D eigenvalue weighted by Crippen LogP contribution is 2.26. The first-order valence-electron chi connectivity index (χ1n) is 8.04. The summed E-state index contributed by atoms with van der Waals surface area (Å²) in [4.78, 5) is 5.78. The number of nitrogens with two attached hydrogens (primary N) is 1. The van der Waals surface area contributed by atoms with E-state index >= 15 is 0 Å². The Labute approximate surface area is 171 Å². The normalized spacial score (nSPS) is 10.6. The summed E-state index contributed by atoms with van der Waals surface area (Å²) >= 11 is 11.8. The lowest BCUT2D eigenvalue weighted by molar-refractivity contribution is 0.612. The lowest BCUT2D eigenvalue weighted by Gasteiger charge is -1.99. The lowest BCUT2D eigenvalue weighted by Crippen LogP contribution is -1.99. The van der Waals surface area contributed by atoms with Gasteiger partial charge in [0, 0.05) is 46.3 Å². The van der Waals surface area contributed by atoms with Gasteiger partial charge in [0.25, 0.3) is 0 Å². The van der Waals surface area contributed by atoms with Gasteiger partial charge in [0.15, 0.2) is 0 Å². The number of halogens is 5. The molecule has 0 aliphatic carbocycles. The van der Waals surface area contributed by atoms with Crippen LogP contribution in [0.4, 0.5) is 8.78 Å². The van der Waals surface area contributed by atoms with Crippen LogP contribution in [0.5, 0.6) is 0 Å². The summed E-state index contributed by atoms with van der Waals surface area (Å²) < 4.78 is 26.5. The number of hydrogen-bond acceptors (Lipinski definition) is 1. The van der Waals surface area contributed by atoms with Gasteiger partial charge < -0.3 is 15.7 Å². The van der Waals surface area contributed by atoms with E-state index in [9.17, 15) is 8.78 Å². The highest BCUT2D eigenvalue weighted by Gasteiger charge is 2.07. The molecule has 27 heavy (non-hydrogen) atoms. The van der Waals surface area contributed by atoms with Gasteiger partial charge in [-0.05, 0) is 36.2 Å². The monoisotopic (exact) mass is 431 g/mol. The Bertz CT molecular complexity index is 987. The van der Waals surface area contributed by atoms with Gasteiger partial charge in [-0.2, -0.15) is 0 Å². The minimum absolute atomic E-state index is 0. The van der Waals surface area contributed by atoms with Crippen LogP contribution in [-0.4, -0.2) is 9.97 Å². The summed E-state index contributed by atoms with van der Waals surface area (Å²) in [6.07, 6.45) is 3.99. The first-order chi connectivity index (χ1) is 12.4. The predicted octanol–water partition coefficient (Wildman–Crippen LogP) is 6.36. The maximum atomic E-state index is 13.3. The molecular weight excluding hydrogens is 415 g/mol. The number of aromatic amines is 2. The second kappa shape index (κ2) is 8.93. The molecule has 4 aromatic rings. The Morgan fingerprint density at radius 2 is 1.30 bits per heavy atom. The van der Waals surface area contributed by atoms with Crippen LogP contribution in [0.15, 0.2) is 36.7 Å². The fourth-order valence-corrected chi connectivity index (χ4v) is 3.16. The number of rotatable bonds is 2. The summed E-state index contributed by atoms with van der Waals surface area (Å²) in [6.45, 7) is 2.11. The van der Waals surface area contributed by atoms with E-state index in [0.717, 1.165) is 16.3 Å². The summed E-state index contributed by atoms with van der Waals surface area (Å²) in [5.74, 6) is -0.470. The Morgan fingerprint density at radius 1 is 0.852 bits per heavy atom. The van der Waals surface area contributed by atoms with E-state index in [4.69, 9.17) is 28.9 Å². The maximum Gasteiger partial charge on any atom is 0.129 e. The molecule has 0 fully saturated rings. The highest BCUT2D eigenvalue weighted by atomic mass is 35.5. The molecule has 0 saturated heterocycles. The van der Waals surface area contributed by atoms with Crippen LogP contribution in [0.25, 0.3) is 21.8 Å². The molecule has 0 atom stereocenters. The molecular formula is C19H18Cl3F2N3. The van der Waals surface area contributed by atoms with Crippen molar-refractivity contribution >= 4 is 57.4 Å². The largest absolute Gasteiger partial charge is 0.360 e. The molecule has 0 aliphatic rings. The van der Waals surface area contributed by atoms with Gasteiger partial charge in [-0.25, -0.2) is 8.78 Å². The van der Waals surface area contributed by atoms with E-state index in [0.29, 0.717) is 33.1 Å². The number of benzene rings is 2. The molecule has 0 radical (unpaired) electrons. The minimum Gasteiger partial charge on any atom is -0.360 e. The molecule has 4 N–H and O–H groups in total. The Balaban J connectivity index is 0.000000187. The van der Waals surface area contributed by atoms with Crippen molar-refractivity contribution in [1.29, 1.82) is 0 Å². The second-order valence-corrected chi connectivity index (χ2v) is 6.62. The molecule has 0 unspecified atom stereocenters. The number of nitrogens with one attached hydrogen (secondary N) is 2. The smallest absolute Gasteiger partial charge is 0.129 e. The Kier molecular flexibility index (Phi) is 7.12. The number of fused-ring (bicyclic) bond motifs is 2. The third kappa shape index (κ3) is 4.38. The van der Waals surface area contributed by atoms with Crippen LogP contribution < -0.4 is 5.73 Å². The molecule has 0 saturated carbocycles. The molecule has 4 rings (SSSR count). The number of H-pyrrole nitrogens is 2. The second-order valence-electron chi connectivity index (χ2n) is 5.81. The topological polar surface area (TPSA) is 57.6 Å². The third-order valence-electron chi connectivity index (χ3n) is 4.20. The van der Waals surface area contributed by atoms with Gasteiger partial charge in [0.1, 0.15) is 11.6 Å². The van der Waals surface area contributed by atoms with Crippen LogP contribution in [-0.2, 0) is 13.0 Å². The summed E-state index contributed by atoms with van der Waals surface area (Å²) in [5.41, 5.74) is 7.99. The number of aryl methyl sites for hydroxylation is 1. The summed E-state index contributed by atoms with van der Waals surface area (Å²) in [5, 5.41) is 2.93. The molecule has 0 bridgehead atoms. The summed E-state index contributed by atoms with van der Waals surface area (Å²) in [7, 11) is 0. The van der Waals surface area contributed by atoms with Gasteiger partial charge in [-0.1, -0.05) is 30.1 Å². The fourth-order valence-electron chi connectivity index (χ4n) is 2.74. The van der Waals surface area contributed by atoms with E-state index in [1.54, 1.807) is 24.5 Å². The average Bonchev–Trinajstić information content (AvgIpc) is 3.16. The quantitative estimate of drug-likeness (QED) is 0.339. The van der Waals surface area contributed by atoms with E-state index < -0.39 is 0 Å². The first-order valence-corrected chi connectivity index (χ1v) is 8.80. The average molecular weight is 433 g/mol. The van der Waals surface area contributed by atoms with Gasteiger partial charge in [0.05, 0.1) is 10.0 Å². The van der Waals surface area contributed by atoms with Crippen molar-refractivity contribution < 1.29 is 8.78 Å². The van der Waals surface area contributed by atoms with Crippen molar-refractivity contribution in [2.45, 2.75) is 19.9 Å². The van der Waals surface area contributed by atoms with Crippen LogP contribution in [0, 0.1) is 11.6 Å². The van der Waals surface area contributed by atoms with Crippen LogP contribution in [0.2, 0.25) is 10.0 Å². The van der Waals surface area contributed by atoms with E-state index in [2.05, 4.69) is 9.97 Å². The molecule has 144 valence electrons. The molecule has 0 spiro atoms. The number of aromatic nitrogens is 2. The zero-order valence-corrected chi connectivity index (χ0v) is 16.7. The Morgan fingerprint density at radius 3 is 1.74 bits per heavy atom. The third-order valence-corrected chi connectivity index (χ3v) is 4.82. The van der Waals surface area contributed by atoms with Crippen LogP contribution in [0.3, 0.4) is 0 Å². The van der Waals surface area contributed by atoms with Gasteiger partial charge in [0.2, 0.25) is 0 Å². The van der Waals surface area contributed by atoms with Crippen molar-refractivity contribution in [3.8, 4) is 0 Å². The molecule has 2 heterocycles. The van der Waals surface area contributed by atoms with Gasteiger partial charge >= 0.3 is 0 Å². The molecule has 2 aromatic carbocycles. The van der Waals surface area contributed by atoms with Gasteiger partial charge in [-0.15, -0.1) is 12.4 Å². The van der Waals surface area contributed by atoms with Crippen molar-refractivity contribution in [2.24, 2.45) is 5.73 Å². The fraction of sp³-hybridized carbons (Fsp3) is 0.158. The van der Waals surface area contributed by atoms with E-state index in [-0.39, 0.29) is 30.6 Å². The van der Waals surface area contributed by atoms with Crippen LogP contribution in [0.1, 0.15) is 18.1 Å². The van der Waals surface area contributed by atoms with Crippen molar-refractivity contribution in [2.75, 3.05) is 0 Å². The maximum absolute atomic E-state index is 13.3. The van der Waals surface area contributed by atoms with Crippen molar-refractivity contribution in [3.63, 3.8) is 0 Å². The zero-order valence-electron chi connectivity index (χ0n) is 14.4. The number of hydrogen-bond donors (Lipinski definition) is 3. The summed E-state index contributed by atoms with van der Waals surface area (Å²) in [6, 6.07) is 6.36. The van der Waals surface area contributed by atoms with Crippen LogP contribution >= 0.6 is 35.6 Å². The first kappa shape index (κ1) is 21.5. The molecule has 2 aromatic heterocycles. The van der Waals surface area contributed by atoms with E-state index in [1.165, 1.54) is 12.1 Å². The molecule has 3 nitrogen and oxygen atoms in total. The lowest BCUT2D eigenvalue weighted by atomic mass is 10.1. The van der Waals surface area contributed by atoms with Crippen molar-refractivity contribution in [1.82, 2.24) is 9.97 Å². The van der Waals surface area contributed by atoms with Gasteiger partial charge in [-0.3, -0.25) is 0 Å². The molecule has 0 amide bonds.